The van der Waals surface area contributed by atoms with Crippen LogP contribution < -0.4 is 4.90 Å². The van der Waals surface area contributed by atoms with Crippen LogP contribution in [0.2, 0.25) is 0 Å². The number of pyridine rings is 1. The first-order valence-corrected chi connectivity index (χ1v) is 8.75. The number of fused-ring (bicyclic) bond motifs is 1. The minimum atomic E-state index is -0.362. The number of hydrogen-bond acceptors (Lipinski definition) is 5. The van der Waals surface area contributed by atoms with Gasteiger partial charge in [-0.25, -0.2) is 4.98 Å². The van der Waals surface area contributed by atoms with E-state index in [-0.39, 0.29) is 23.0 Å². The van der Waals surface area contributed by atoms with Crippen LogP contribution in [0.1, 0.15) is 5.56 Å². The van der Waals surface area contributed by atoms with Crippen LogP contribution >= 0.6 is 12.4 Å². The Morgan fingerprint density at radius 3 is 2.33 bits per heavy atom. The van der Waals surface area contributed by atoms with Gasteiger partial charge in [0.05, 0.1) is 10.4 Å². The summed E-state index contributed by atoms with van der Waals surface area (Å²) in [5.74, 6) is 1.03. The molecule has 27 heavy (non-hydrogen) atoms. The lowest BCUT2D eigenvalue weighted by Crippen LogP contribution is -2.46. The standard InChI is InChI=1S/C20H20N4O2.ClH/c25-24(26)18-8-5-16(6-9-18)15-22-11-13-23(14-12-22)20-10-7-17-3-1-2-4-19(17)21-20;/h1-10H,11-15H2;1H. The van der Waals surface area contributed by atoms with E-state index in [1.807, 2.05) is 30.3 Å². The van der Waals surface area contributed by atoms with Gasteiger partial charge in [0.15, 0.2) is 0 Å². The van der Waals surface area contributed by atoms with E-state index in [0.29, 0.717) is 0 Å². The third-order valence-electron chi connectivity index (χ3n) is 4.83. The fourth-order valence-electron chi connectivity index (χ4n) is 3.35. The third-order valence-corrected chi connectivity index (χ3v) is 4.83. The fourth-order valence-corrected chi connectivity index (χ4v) is 3.35. The maximum absolute atomic E-state index is 10.7. The molecule has 0 N–H and O–H groups in total. The Morgan fingerprint density at radius 2 is 1.63 bits per heavy atom. The van der Waals surface area contributed by atoms with Crippen molar-refractivity contribution in [2.45, 2.75) is 6.54 Å². The van der Waals surface area contributed by atoms with Gasteiger partial charge in [0.1, 0.15) is 5.82 Å². The van der Waals surface area contributed by atoms with Crippen LogP contribution in [0, 0.1) is 10.1 Å². The predicted molar refractivity (Wildman–Crippen MR) is 110 cm³/mol. The monoisotopic (exact) mass is 384 g/mol. The van der Waals surface area contributed by atoms with Crippen molar-refractivity contribution in [1.82, 2.24) is 9.88 Å². The molecule has 4 rings (SSSR count). The zero-order valence-corrected chi connectivity index (χ0v) is 15.6. The lowest BCUT2D eigenvalue weighted by atomic mass is 10.1. The normalized spacial score (nSPS) is 14.7. The van der Waals surface area contributed by atoms with Crippen LogP contribution in [-0.4, -0.2) is 41.0 Å². The number of piperazine rings is 1. The maximum Gasteiger partial charge on any atom is 0.269 e. The zero-order valence-electron chi connectivity index (χ0n) is 14.8. The highest BCUT2D eigenvalue weighted by molar-refractivity contribution is 5.85. The summed E-state index contributed by atoms with van der Waals surface area (Å²) in [5.41, 5.74) is 2.27. The Bertz CT molecular complexity index is 925. The predicted octanol–water partition coefficient (Wildman–Crippen LogP) is 3.89. The van der Waals surface area contributed by atoms with Gasteiger partial charge in [0, 0.05) is 50.2 Å². The number of benzene rings is 2. The molecule has 0 unspecified atom stereocenters. The average Bonchev–Trinajstić information content (AvgIpc) is 2.68. The number of non-ortho nitro benzene ring substituents is 1. The van der Waals surface area contributed by atoms with Crippen molar-refractivity contribution in [2.75, 3.05) is 31.1 Å². The molecule has 1 fully saturated rings. The molecule has 2 aromatic carbocycles. The number of aromatic nitrogens is 1. The van der Waals surface area contributed by atoms with E-state index >= 15 is 0 Å². The largest absolute Gasteiger partial charge is 0.354 e. The molecule has 1 aliphatic heterocycles. The first-order chi connectivity index (χ1) is 12.7. The summed E-state index contributed by atoms with van der Waals surface area (Å²) in [7, 11) is 0. The van der Waals surface area contributed by atoms with Crippen molar-refractivity contribution < 1.29 is 4.92 Å². The molecule has 3 aromatic rings. The van der Waals surface area contributed by atoms with Gasteiger partial charge in [-0.1, -0.05) is 30.3 Å². The molecule has 6 nitrogen and oxygen atoms in total. The average molecular weight is 385 g/mol. The molecular weight excluding hydrogens is 364 g/mol. The molecule has 0 spiro atoms. The lowest BCUT2D eigenvalue weighted by Gasteiger charge is -2.35. The SMILES string of the molecule is Cl.O=[N+]([O-])c1ccc(CN2CCN(c3ccc4ccccc4n3)CC2)cc1. The molecule has 0 amide bonds. The summed E-state index contributed by atoms with van der Waals surface area (Å²) >= 11 is 0. The highest BCUT2D eigenvalue weighted by Gasteiger charge is 2.18. The first kappa shape index (κ1) is 19.1. The van der Waals surface area contributed by atoms with Gasteiger partial charge < -0.3 is 4.90 Å². The minimum absolute atomic E-state index is 0. The van der Waals surface area contributed by atoms with Crippen LogP contribution in [0.5, 0.6) is 0 Å². The van der Waals surface area contributed by atoms with Gasteiger partial charge >= 0.3 is 0 Å². The number of nitro benzene ring substituents is 1. The second kappa shape index (κ2) is 8.33. The maximum atomic E-state index is 10.7. The molecule has 0 bridgehead atoms. The number of anilines is 1. The quantitative estimate of drug-likeness (QED) is 0.504. The Morgan fingerprint density at radius 1 is 0.926 bits per heavy atom. The minimum Gasteiger partial charge on any atom is -0.354 e. The van der Waals surface area contributed by atoms with E-state index in [4.69, 9.17) is 4.98 Å². The first-order valence-electron chi connectivity index (χ1n) is 8.75. The fraction of sp³-hybridized carbons (Fsp3) is 0.250. The third kappa shape index (κ3) is 4.35. The van der Waals surface area contributed by atoms with Crippen molar-refractivity contribution in [3.05, 3.63) is 76.3 Å². The van der Waals surface area contributed by atoms with Gasteiger partial charge in [-0.15, -0.1) is 12.4 Å². The van der Waals surface area contributed by atoms with E-state index in [0.717, 1.165) is 55.0 Å². The Kier molecular flexibility index (Phi) is 5.88. The summed E-state index contributed by atoms with van der Waals surface area (Å²) in [6, 6.07) is 19.2. The Balaban J connectivity index is 0.00000210. The summed E-state index contributed by atoms with van der Waals surface area (Å²) in [6.45, 7) is 4.57. The van der Waals surface area contributed by atoms with Crippen molar-refractivity contribution in [3.63, 3.8) is 0 Å². The molecule has 1 aliphatic rings. The molecule has 1 aromatic heterocycles. The molecule has 1 saturated heterocycles. The molecule has 2 heterocycles. The number of halogens is 1. The number of hydrogen-bond donors (Lipinski definition) is 0. The lowest BCUT2D eigenvalue weighted by molar-refractivity contribution is -0.384. The summed E-state index contributed by atoms with van der Waals surface area (Å²) in [5, 5.41) is 11.9. The number of nitro groups is 1. The molecule has 0 radical (unpaired) electrons. The molecule has 140 valence electrons. The van der Waals surface area contributed by atoms with E-state index in [2.05, 4.69) is 28.0 Å². The van der Waals surface area contributed by atoms with E-state index < -0.39 is 0 Å². The van der Waals surface area contributed by atoms with Crippen molar-refractivity contribution in [1.29, 1.82) is 0 Å². The van der Waals surface area contributed by atoms with Crippen molar-refractivity contribution in [2.24, 2.45) is 0 Å². The molecule has 0 atom stereocenters. The van der Waals surface area contributed by atoms with Gasteiger partial charge in [-0.3, -0.25) is 15.0 Å². The van der Waals surface area contributed by atoms with E-state index in [9.17, 15) is 10.1 Å². The van der Waals surface area contributed by atoms with Crippen LogP contribution in [0.4, 0.5) is 11.5 Å². The highest BCUT2D eigenvalue weighted by Crippen LogP contribution is 2.20. The second-order valence-corrected chi connectivity index (χ2v) is 6.55. The molecule has 0 aliphatic carbocycles. The van der Waals surface area contributed by atoms with Crippen LogP contribution in [-0.2, 0) is 6.54 Å². The number of rotatable bonds is 4. The van der Waals surface area contributed by atoms with Gasteiger partial charge in [-0.05, 0) is 23.8 Å². The topological polar surface area (TPSA) is 62.5 Å². The summed E-state index contributed by atoms with van der Waals surface area (Å²) < 4.78 is 0. The smallest absolute Gasteiger partial charge is 0.269 e. The van der Waals surface area contributed by atoms with Crippen LogP contribution in [0.25, 0.3) is 10.9 Å². The van der Waals surface area contributed by atoms with Crippen molar-refractivity contribution >= 4 is 34.8 Å². The Hall–Kier alpha value is -2.70. The summed E-state index contributed by atoms with van der Waals surface area (Å²) in [6.07, 6.45) is 0. The van der Waals surface area contributed by atoms with Gasteiger partial charge in [0.2, 0.25) is 0 Å². The highest BCUT2D eigenvalue weighted by atomic mass is 35.5. The van der Waals surface area contributed by atoms with Crippen molar-refractivity contribution in [3.8, 4) is 0 Å². The number of nitrogens with zero attached hydrogens (tertiary/aromatic N) is 4. The zero-order chi connectivity index (χ0) is 17.9. The van der Waals surface area contributed by atoms with E-state index in [1.165, 1.54) is 0 Å². The van der Waals surface area contributed by atoms with E-state index in [1.54, 1.807) is 12.1 Å². The molecule has 0 saturated carbocycles. The number of para-hydroxylation sites is 1. The van der Waals surface area contributed by atoms with Crippen LogP contribution in [0.15, 0.2) is 60.7 Å². The second-order valence-electron chi connectivity index (χ2n) is 6.55. The van der Waals surface area contributed by atoms with Crippen LogP contribution in [0.3, 0.4) is 0 Å². The molecular formula is C20H21ClN4O2. The molecule has 7 heteroatoms. The van der Waals surface area contributed by atoms with Gasteiger partial charge in [0.25, 0.3) is 5.69 Å². The summed E-state index contributed by atoms with van der Waals surface area (Å²) in [4.78, 5) is 19.8. The van der Waals surface area contributed by atoms with Gasteiger partial charge in [-0.2, -0.15) is 0 Å². The Labute approximate surface area is 164 Å².